The topological polar surface area (TPSA) is 62.2 Å². The summed E-state index contributed by atoms with van der Waals surface area (Å²) < 4.78 is 0. The van der Waals surface area contributed by atoms with Crippen molar-refractivity contribution in [2.75, 3.05) is 11.9 Å². The molecule has 1 aromatic rings. The lowest BCUT2D eigenvalue weighted by atomic mass is 9.90. The number of nitrogens with zero attached hydrogens (tertiary/aromatic N) is 1. The molecule has 1 aromatic heterocycles. The first-order valence-electron chi connectivity index (χ1n) is 7.86. The Morgan fingerprint density at radius 3 is 2.57 bits per heavy atom. The van der Waals surface area contributed by atoms with E-state index in [1.54, 1.807) is 12.1 Å². The molecule has 1 aliphatic carbocycles. The third-order valence-corrected chi connectivity index (χ3v) is 4.17. The number of carboxylic acid groups (broad SMARTS) is 1. The minimum Gasteiger partial charge on any atom is -0.478 e. The molecule has 2 rings (SSSR count). The molecule has 116 valence electrons. The van der Waals surface area contributed by atoms with E-state index in [0.717, 1.165) is 24.6 Å². The molecule has 0 atom stereocenters. The number of carbonyl (C=O) groups is 1. The third kappa shape index (κ3) is 4.45. The maximum absolute atomic E-state index is 11.3. The maximum Gasteiger partial charge on any atom is 0.335 e. The van der Waals surface area contributed by atoms with E-state index in [9.17, 15) is 9.90 Å². The van der Waals surface area contributed by atoms with Gasteiger partial charge in [0.15, 0.2) is 0 Å². The normalized spacial score (nSPS) is 16.1. The molecular formula is C17H26N2O2. The van der Waals surface area contributed by atoms with Gasteiger partial charge in [0, 0.05) is 17.7 Å². The molecular weight excluding hydrogens is 264 g/mol. The lowest BCUT2D eigenvalue weighted by Gasteiger charge is -2.20. The fourth-order valence-corrected chi connectivity index (χ4v) is 2.83. The van der Waals surface area contributed by atoms with Crippen molar-refractivity contribution in [1.82, 2.24) is 4.98 Å². The fraction of sp³-hybridized carbons (Fsp3) is 0.647. The average molecular weight is 290 g/mol. The lowest BCUT2D eigenvalue weighted by molar-refractivity contribution is 0.0696. The van der Waals surface area contributed by atoms with Gasteiger partial charge < -0.3 is 10.4 Å². The van der Waals surface area contributed by atoms with Crippen LogP contribution in [0, 0.1) is 5.92 Å². The number of carboxylic acids is 1. The van der Waals surface area contributed by atoms with Gasteiger partial charge in [0.25, 0.3) is 0 Å². The van der Waals surface area contributed by atoms with Gasteiger partial charge in [0.05, 0.1) is 5.56 Å². The van der Waals surface area contributed by atoms with Crippen LogP contribution < -0.4 is 5.32 Å². The number of hydrogen-bond acceptors (Lipinski definition) is 3. The van der Waals surface area contributed by atoms with Gasteiger partial charge in [-0.25, -0.2) is 9.78 Å². The van der Waals surface area contributed by atoms with Gasteiger partial charge >= 0.3 is 5.97 Å². The van der Waals surface area contributed by atoms with Gasteiger partial charge in [-0.15, -0.1) is 0 Å². The highest BCUT2D eigenvalue weighted by molar-refractivity contribution is 5.88. The van der Waals surface area contributed by atoms with E-state index in [-0.39, 0.29) is 5.41 Å². The summed E-state index contributed by atoms with van der Waals surface area (Å²) in [6.07, 6.45) is 6.51. The van der Waals surface area contributed by atoms with E-state index in [1.807, 2.05) is 20.8 Å². The molecule has 1 aliphatic rings. The minimum absolute atomic E-state index is 0.159. The summed E-state index contributed by atoms with van der Waals surface area (Å²) in [7, 11) is 0. The third-order valence-electron chi connectivity index (χ3n) is 4.17. The molecule has 4 heteroatoms. The molecule has 2 N–H and O–H groups in total. The number of hydrogen-bond donors (Lipinski definition) is 2. The Hall–Kier alpha value is -1.58. The highest BCUT2D eigenvalue weighted by Crippen LogP contribution is 2.28. The van der Waals surface area contributed by atoms with Crippen molar-refractivity contribution in [3.63, 3.8) is 0 Å². The molecule has 0 bridgehead atoms. The maximum atomic E-state index is 11.3. The number of aromatic carboxylic acids is 1. The number of anilines is 1. The van der Waals surface area contributed by atoms with Crippen molar-refractivity contribution < 1.29 is 9.90 Å². The van der Waals surface area contributed by atoms with Gasteiger partial charge in [-0.3, -0.25) is 0 Å². The van der Waals surface area contributed by atoms with Gasteiger partial charge in [-0.1, -0.05) is 46.5 Å². The first kappa shape index (κ1) is 15.8. The van der Waals surface area contributed by atoms with Crippen LogP contribution in [0.4, 0.5) is 5.82 Å². The van der Waals surface area contributed by atoms with Crippen LogP contribution in [0.2, 0.25) is 0 Å². The van der Waals surface area contributed by atoms with Crippen LogP contribution >= 0.6 is 0 Å². The monoisotopic (exact) mass is 290 g/mol. The molecule has 0 unspecified atom stereocenters. The highest BCUT2D eigenvalue weighted by atomic mass is 16.4. The Bertz CT molecular complexity index is 500. The van der Waals surface area contributed by atoms with Crippen LogP contribution in [0.15, 0.2) is 12.1 Å². The second kappa shape index (κ2) is 6.46. The first-order chi connectivity index (χ1) is 9.86. The molecule has 0 spiro atoms. The average Bonchev–Trinajstić information content (AvgIpc) is 2.90. The van der Waals surface area contributed by atoms with Crippen LogP contribution in [0.5, 0.6) is 0 Å². The van der Waals surface area contributed by atoms with Crippen molar-refractivity contribution in [3.05, 3.63) is 23.4 Å². The Morgan fingerprint density at radius 1 is 1.33 bits per heavy atom. The smallest absolute Gasteiger partial charge is 0.335 e. The lowest BCUT2D eigenvalue weighted by Crippen LogP contribution is -2.17. The molecule has 0 amide bonds. The van der Waals surface area contributed by atoms with Crippen LogP contribution in [-0.2, 0) is 5.41 Å². The number of rotatable bonds is 5. The molecule has 0 radical (unpaired) electrons. The number of nitrogens with one attached hydrogen (secondary N) is 1. The van der Waals surface area contributed by atoms with E-state index in [1.165, 1.54) is 25.7 Å². The summed E-state index contributed by atoms with van der Waals surface area (Å²) in [5, 5.41) is 12.5. The Balaban J connectivity index is 2.06. The van der Waals surface area contributed by atoms with Crippen LogP contribution in [0.25, 0.3) is 0 Å². The summed E-state index contributed by atoms with van der Waals surface area (Å²) in [5.41, 5.74) is 0.955. The van der Waals surface area contributed by atoms with Crippen molar-refractivity contribution in [3.8, 4) is 0 Å². The summed E-state index contributed by atoms with van der Waals surface area (Å²) in [6.45, 7) is 7.00. The summed E-state index contributed by atoms with van der Waals surface area (Å²) in [6, 6.07) is 3.30. The van der Waals surface area contributed by atoms with E-state index in [4.69, 9.17) is 0 Å². The van der Waals surface area contributed by atoms with Gasteiger partial charge in [-0.2, -0.15) is 0 Å². The van der Waals surface area contributed by atoms with Crippen molar-refractivity contribution in [1.29, 1.82) is 0 Å². The molecule has 1 heterocycles. The standard InChI is InChI=1S/C17H26N2O2/c1-17(2,3)14-10-13(16(20)21)11-15(19-14)18-9-8-12-6-4-5-7-12/h10-12H,4-9H2,1-3H3,(H,18,19)(H,20,21). The SMILES string of the molecule is CC(C)(C)c1cc(C(=O)O)cc(NCCC2CCCC2)n1. The van der Waals surface area contributed by atoms with Gasteiger partial charge in [0.1, 0.15) is 5.82 Å². The summed E-state index contributed by atoms with van der Waals surface area (Å²) in [4.78, 5) is 15.8. The summed E-state index contributed by atoms with van der Waals surface area (Å²) >= 11 is 0. The van der Waals surface area contributed by atoms with Crippen molar-refractivity contribution >= 4 is 11.8 Å². The van der Waals surface area contributed by atoms with Crippen LogP contribution in [0.1, 0.15) is 68.9 Å². The molecule has 0 saturated heterocycles. The largest absolute Gasteiger partial charge is 0.478 e. The van der Waals surface area contributed by atoms with E-state index < -0.39 is 5.97 Å². The number of pyridine rings is 1. The van der Waals surface area contributed by atoms with Crippen LogP contribution in [0.3, 0.4) is 0 Å². The zero-order valence-corrected chi connectivity index (χ0v) is 13.3. The van der Waals surface area contributed by atoms with Gasteiger partial charge in [-0.05, 0) is 24.5 Å². The molecule has 1 saturated carbocycles. The van der Waals surface area contributed by atoms with E-state index in [0.29, 0.717) is 11.4 Å². The predicted octanol–water partition coefficient (Wildman–Crippen LogP) is 4.07. The minimum atomic E-state index is -0.901. The fourth-order valence-electron chi connectivity index (χ4n) is 2.83. The van der Waals surface area contributed by atoms with Crippen LogP contribution in [-0.4, -0.2) is 22.6 Å². The van der Waals surface area contributed by atoms with E-state index in [2.05, 4.69) is 10.3 Å². The zero-order valence-electron chi connectivity index (χ0n) is 13.3. The Morgan fingerprint density at radius 2 is 2.00 bits per heavy atom. The van der Waals surface area contributed by atoms with E-state index >= 15 is 0 Å². The van der Waals surface area contributed by atoms with Gasteiger partial charge in [0.2, 0.25) is 0 Å². The molecule has 21 heavy (non-hydrogen) atoms. The second-order valence-corrected chi connectivity index (χ2v) is 7.05. The van der Waals surface area contributed by atoms with Crippen molar-refractivity contribution in [2.45, 2.75) is 58.3 Å². The Kier molecular flexibility index (Phi) is 4.86. The van der Waals surface area contributed by atoms with Crippen molar-refractivity contribution in [2.24, 2.45) is 5.92 Å². The first-order valence-corrected chi connectivity index (χ1v) is 7.86. The zero-order chi connectivity index (χ0) is 15.5. The molecule has 0 aromatic carbocycles. The quantitative estimate of drug-likeness (QED) is 0.858. The predicted molar refractivity (Wildman–Crippen MR) is 85.0 cm³/mol. The second-order valence-electron chi connectivity index (χ2n) is 7.05. The molecule has 1 fully saturated rings. The summed E-state index contributed by atoms with van der Waals surface area (Å²) in [5.74, 6) is 0.599. The number of aromatic nitrogens is 1. The molecule has 0 aliphatic heterocycles. The Labute approximate surface area is 127 Å². The molecule has 4 nitrogen and oxygen atoms in total. The highest BCUT2D eigenvalue weighted by Gasteiger charge is 2.19.